The lowest BCUT2D eigenvalue weighted by Crippen LogP contribution is -2.27. The van der Waals surface area contributed by atoms with Crippen molar-refractivity contribution in [2.75, 3.05) is 5.32 Å². The summed E-state index contributed by atoms with van der Waals surface area (Å²) in [6.45, 7) is 5.22. The van der Waals surface area contributed by atoms with Crippen molar-refractivity contribution in [2.24, 2.45) is 0 Å². The number of fused-ring (bicyclic) bond motifs is 1. The molecule has 2 heterocycles. The number of halogens is 1. The van der Waals surface area contributed by atoms with Crippen molar-refractivity contribution in [3.8, 4) is 11.3 Å². The van der Waals surface area contributed by atoms with Crippen LogP contribution in [0.2, 0.25) is 0 Å². The largest absolute Gasteiger partial charge is 0.444 e. The van der Waals surface area contributed by atoms with Crippen LogP contribution in [-0.4, -0.2) is 31.0 Å². The molecule has 0 bridgehead atoms. The van der Waals surface area contributed by atoms with Crippen LogP contribution in [0.1, 0.15) is 20.8 Å². The third kappa shape index (κ3) is 4.17. The number of carbonyl (C=O) groups excluding carboxylic acids is 1. The van der Waals surface area contributed by atoms with Crippen molar-refractivity contribution in [2.45, 2.75) is 26.4 Å². The number of aromatic nitrogens is 3. The molecule has 0 aliphatic heterocycles. The second kappa shape index (κ2) is 6.63. The minimum Gasteiger partial charge on any atom is -0.444 e. The van der Waals surface area contributed by atoms with E-state index in [-0.39, 0.29) is 22.7 Å². The molecule has 1 aromatic carbocycles. The highest BCUT2D eigenvalue weighted by Crippen LogP contribution is 2.26. The normalized spacial score (nSPS) is 11.4. The number of benzene rings is 1. The van der Waals surface area contributed by atoms with E-state index < -0.39 is 22.4 Å². The Morgan fingerprint density at radius 3 is 2.74 bits per heavy atom. The molecule has 0 saturated heterocycles. The summed E-state index contributed by atoms with van der Waals surface area (Å²) < 4.78 is 20.7. The Bertz CT molecular complexity index is 1040. The Morgan fingerprint density at radius 2 is 2.07 bits per heavy atom. The zero-order valence-corrected chi connectivity index (χ0v) is 14.8. The maximum absolute atomic E-state index is 14.1. The Morgan fingerprint density at radius 1 is 1.33 bits per heavy atom. The van der Waals surface area contributed by atoms with Crippen LogP contribution >= 0.6 is 0 Å². The number of hydrogen-bond acceptors (Lipinski definition) is 6. The van der Waals surface area contributed by atoms with E-state index in [9.17, 15) is 19.3 Å². The van der Waals surface area contributed by atoms with Crippen molar-refractivity contribution in [1.82, 2.24) is 14.4 Å². The smallest absolute Gasteiger partial charge is 0.412 e. The average molecular weight is 373 g/mol. The van der Waals surface area contributed by atoms with Crippen LogP contribution < -0.4 is 5.32 Å². The first-order valence-electron chi connectivity index (χ1n) is 7.91. The summed E-state index contributed by atoms with van der Waals surface area (Å²) in [5, 5.41) is 13.4. The lowest BCUT2D eigenvalue weighted by Gasteiger charge is -2.19. The first kappa shape index (κ1) is 18.2. The van der Waals surface area contributed by atoms with Gasteiger partial charge in [0.15, 0.2) is 0 Å². The van der Waals surface area contributed by atoms with E-state index in [1.807, 2.05) is 0 Å². The number of nitrogens with zero attached hydrogens (tertiary/aromatic N) is 4. The van der Waals surface area contributed by atoms with Gasteiger partial charge in [-0.3, -0.25) is 19.8 Å². The molecule has 1 N–H and O–H groups in total. The summed E-state index contributed by atoms with van der Waals surface area (Å²) in [7, 11) is 0. The Balaban J connectivity index is 1.92. The Kier molecular flexibility index (Phi) is 4.48. The minimum atomic E-state index is -0.649. The standard InChI is InChI=1S/C17H16FN5O4/c1-17(2,3)27-16(24)20-10-7-19-15-21-14(9-22(15)8-10)12-6-11(23(25)26)4-5-13(12)18/h4-9H,1-3H3,(H,20,24). The molecule has 140 valence electrons. The highest BCUT2D eigenvalue weighted by molar-refractivity contribution is 5.84. The monoisotopic (exact) mass is 373 g/mol. The number of ether oxygens (including phenoxy) is 1. The second-order valence-corrected chi connectivity index (χ2v) is 6.72. The number of anilines is 1. The number of nitro benzene ring substituents is 1. The summed E-state index contributed by atoms with van der Waals surface area (Å²) in [6.07, 6.45) is 3.72. The van der Waals surface area contributed by atoms with Crippen LogP contribution in [0.5, 0.6) is 0 Å². The topological polar surface area (TPSA) is 112 Å². The van der Waals surface area contributed by atoms with E-state index >= 15 is 0 Å². The highest BCUT2D eigenvalue weighted by atomic mass is 19.1. The molecule has 1 amide bonds. The molecule has 10 heteroatoms. The fourth-order valence-corrected chi connectivity index (χ4v) is 2.32. The van der Waals surface area contributed by atoms with Gasteiger partial charge in [0.2, 0.25) is 5.78 Å². The third-order valence-corrected chi connectivity index (χ3v) is 3.39. The first-order chi connectivity index (χ1) is 12.6. The van der Waals surface area contributed by atoms with E-state index in [1.54, 1.807) is 20.8 Å². The SMILES string of the molecule is CC(C)(C)OC(=O)Nc1cnc2nc(-c3cc([N+](=O)[O-])ccc3F)cn2c1. The van der Waals surface area contributed by atoms with Gasteiger partial charge in [0.05, 0.1) is 22.5 Å². The molecule has 0 atom stereocenters. The van der Waals surface area contributed by atoms with Crippen molar-refractivity contribution in [3.05, 3.63) is 52.7 Å². The van der Waals surface area contributed by atoms with Crippen LogP contribution in [0.15, 0.2) is 36.8 Å². The van der Waals surface area contributed by atoms with Gasteiger partial charge in [-0.25, -0.2) is 19.2 Å². The molecule has 9 nitrogen and oxygen atoms in total. The molecular weight excluding hydrogens is 357 g/mol. The number of imidazole rings is 1. The van der Waals surface area contributed by atoms with Crippen LogP contribution in [0.4, 0.5) is 20.6 Å². The molecule has 0 aliphatic carbocycles. The summed E-state index contributed by atoms with van der Waals surface area (Å²) >= 11 is 0. The van der Waals surface area contributed by atoms with Gasteiger partial charge >= 0.3 is 6.09 Å². The Labute approximate surface area is 153 Å². The first-order valence-corrected chi connectivity index (χ1v) is 7.91. The average Bonchev–Trinajstić information content (AvgIpc) is 2.96. The summed E-state index contributed by atoms with van der Waals surface area (Å²) in [4.78, 5) is 30.4. The zero-order chi connectivity index (χ0) is 19.8. The van der Waals surface area contributed by atoms with Crippen LogP contribution in [0.25, 0.3) is 17.0 Å². The number of amides is 1. The second-order valence-electron chi connectivity index (χ2n) is 6.72. The quantitative estimate of drug-likeness (QED) is 0.552. The maximum Gasteiger partial charge on any atom is 0.412 e. The van der Waals surface area contributed by atoms with Gasteiger partial charge < -0.3 is 4.74 Å². The molecule has 3 rings (SSSR count). The molecule has 0 aliphatic rings. The molecule has 27 heavy (non-hydrogen) atoms. The molecule has 0 radical (unpaired) electrons. The van der Waals surface area contributed by atoms with Crippen molar-refractivity contribution in [1.29, 1.82) is 0 Å². The van der Waals surface area contributed by atoms with Gasteiger partial charge in [0.1, 0.15) is 11.4 Å². The van der Waals surface area contributed by atoms with E-state index in [2.05, 4.69) is 15.3 Å². The molecule has 0 saturated carbocycles. The van der Waals surface area contributed by atoms with E-state index in [0.29, 0.717) is 5.69 Å². The van der Waals surface area contributed by atoms with Gasteiger partial charge in [-0.2, -0.15) is 0 Å². The number of nitrogens with one attached hydrogen (secondary N) is 1. The predicted molar refractivity (Wildman–Crippen MR) is 94.9 cm³/mol. The van der Waals surface area contributed by atoms with E-state index in [4.69, 9.17) is 4.74 Å². The van der Waals surface area contributed by atoms with Gasteiger partial charge in [-0.1, -0.05) is 0 Å². The zero-order valence-electron chi connectivity index (χ0n) is 14.8. The summed E-state index contributed by atoms with van der Waals surface area (Å²) in [6, 6.07) is 3.20. The predicted octanol–water partition coefficient (Wildman–Crippen LogP) is 3.79. The Hall–Kier alpha value is -3.56. The fraction of sp³-hybridized carbons (Fsp3) is 0.235. The molecule has 0 spiro atoms. The van der Waals surface area contributed by atoms with Crippen LogP contribution in [0.3, 0.4) is 0 Å². The van der Waals surface area contributed by atoms with E-state index in [0.717, 1.165) is 18.2 Å². The number of nitro groups is 1. The number of carbonyl (C=O) groups is 1. The number of rotatable bonds is 3. The minimum absolute atomic E-state index is 0.0173. The van der Waals surface area contributed by atoms with Crippen molar-refractivity contribution >= 4 is 23.2 Å². The fourth-order valence-electron chi connectivity index (χ4n) is 2.32. The number of hydrogen-bond donors (Lipinski definition) is 1. The van der Waals surface area contributed by atoms with Gasteiger partial charge in [-0.05, 0) is 26.8 Å². The lowest BCUT2D eigenvalue weighted by molar-refractivity contribution is -0.384. The third-order valence-electron chi connectivity index (χ3n) is 3.39. The van der Waals surface area contributed by atoms with Crippen LogP contribution in [-0.2, 0) is 4.74 Å². The van der Waals surface area contributed by atoms with E-state index in [1.165, 1.54) is 23.0 Å². The maximum atomic E-state index is 14.1. The molecule has 0 fully saturated rings. The van der Waals surface area contributed by atoms with Crippen LogP contribution in [0, 0.1) is 15.9 Å². The lowest BCUT2D eigenvalue weighted by atomic mass is 10.1. The van der Waals surface area contributed by atoms with Crippen molar-refractivity contribution < 1.29 is 18.8 Å². The molecule has 2 aromatic heterocycles. The van der Waals surface area contributed by atoms with Crippen molar-refractivity contribution in [3.63, 3.8) is 0 Å². The molecular formula is C17H16FN5O4. The number of non-ortho nitro benzene ring substituents is 1. The highest BCUT2D eigenvalue weighted by Gasteiger charge is 2.18. The van der Waals surface area contributed by atoms with Gasteiger partial charge in [0.25, 0.3) is 5.69 Å². The summed E-state index contributed by atoms with van der Waals surface area (Å²) in [5.74, 6) is -0.401. The molecule has 3 aromatic rings. The van der Waals surface area contributed by atoms with Gasteiger partial charge in [0, 0.05) is 30.1 Å². The molecule has 0 unspecified atom stereocenters. The van der Waals surface area contributed by atoms with Gasteiger partial charge in [-0.15, -0.1) is 0 Å². The summed E-state index contributed by atoms with van der Waals surface area (Å²) in [5.41, 5.74) is -0.387.